The van der Waals surface area contributed by atoms with Crippen molar-refractivity contribution in [3.8, 4) is 0 Å². The number of alkyl halides is 3. The van der Waals surface area contributed by atoms with E-state index in [0.29, 0.717) is 18.6 Å². The lowest BCUT2D eigenvalue weighted by atomic mass is 10.0. The molecule has 11 heteroatoms. The molecule has 1 aliphatic heterocycles. The molecule has 0 N–H and O–H groups in total. The zero-order valence-corrected chi connectivity index (χ0v) is 14.5. The number of thioether (sulfide) groups is 1. The van der Waals surface area contributed by atoms with Gasteiger partial charge in [0.15, 0.2) is 4.93 Å². The van der Waals surface area contributed by atoms with E-state index in [0.717, 1.165) is 23.9 Å². The first-order chi connectivity index (χ1) is 10.5. The average molecular weight is 441 g/mol. The van der Waals surface area contributed by atoms with Gasteiger partial charge in [0.25, 0.3) is 0 Å². The second-order valence-electron chi connectivity index (χ2n) is 4.80. The molecule has 1 aromatic rings. The van der Waals surface area contributed by atoms with Gasteiger partial charge in [0, 0.05) is 5.56 Å². The zero-order chi connectivity index (χ0) is 17.5. The number of hydrogen-bond acceptors (Lipinski definition) is 4. The summed E-state index contributed by atoms with van der Waals surface area (Å²) in [4.78, 5) is -2.00. The van der Waals surface area contributed by atoms with Crippen LogP contribution in [-0.4, -0.2) is 19.7 Å². The average Bonchev–Trinajstić information content (AvgIpc) is 2.43. The highest BCUT2D eigenvalue weighted by Crippen LogP contribution is 2.49. The molecule has 1 unspecified atom stereocenters. The van der Waals surface area contributed by atoms with Crippen LogP contribution in [0.4, 0.5) is 22.0 Å². The Bertz CT molecular complexity index is 676. The van der Waals surface area contributed by atoms with Crippen molar-refractivity contribution in [3.63, 3.8) is 0 Å². The molecule has 0 spiro atoms. The van der Waals surface area contributed by atoms with Crippen LogP contribution in [0.25, 0.3) is 0 Å². The Hall–Kier alpha value is -0.390. The minimum Gasteiger partial charge on any atom is -0.241 e. The predicted molar refractivity (Wildman–Crippen MR) is 78.1 cm³/mol. The highest BCUT2D eigenvalue weighted by Gasteiger charge is 2.53. The Labute approximate surface area is 141 Å². The second-order valence-corrected chi connectivity index (χ2v) is 8.48. The zero-order valence-electron chi connectivity index (χ0n) is 11.3. The minimum atomic E-state index is -5.92. The Balaban J connectivity index is 2.53. The first-order valence-corrected chi connectivity index (χ1v) is 9.48. The molecule has 0 radical (unpaired) electrons. The van der Waals surface area contributed by atoms with E-state index in [4.69, 9.17) is 0 Å². The largest absolute Gasteiger partial charge is 0.523 e. The monoisotopic (exact) mass is 440 g/mol. The highest BCUT2D eigenvalue weighted by molar-refractivity contribution is 9.10. The van der Waals surface area contributed by atoms with Crippen LogP contribution in [0, 0.1) is 11.6 Å². The topological polar surface area (TPSA) is 43.4 Å². The number of hydrogen-bond donors (Lipinski definition) is 0. The van der Waals surface area contributed by atoms with Crippen LogP contribution in [0.5, 0.6) is 0 Å². The molecule has 1 aromatic carbocycles. The molecule has 0 bridgehead atoms. The third-order valence-corrected chi connectivity index (χ3v) is 6.60. The molecule has 0 aromatic heterocycles. The van der Waals surface area contributed by atoms with Gasteiger partial charge in [0.05, 0.1) is 4.47 Å². The molecule has 1 saturated heterocycles. The molecule has 3 nitrogen and oxygen atoms in total. The van der Waals surface area contributed by atoms with E-state index in [-0.39, 0.29) is 12.0 Å². The Morgan fingerprint density at radius 2 is 1.74 bits per heavy atom. The van der Waals surface area contributed by atoms with Crippen LogP contribution in [0.1, 0.15) is 24.8 Å². The highest BCUT2D eigenvalue weighted by atomic mass is 79.9. The van der Waals surface area contributed by atoms with Gasteiger partial charge < -0.3 is 0 Å². The number of halogens is 6. The van der Waals surface area contributed by atoms with Gasteiger partial charge in [-0.05, 0) is 53.1 Å². The van der Waals surface area contributed by atoms with E-state index < -0.39 is 36.7 Å². The van der Waals surface area contributed by atoms with Crippen molar-refractivity contribution < 1.29 is 34.6 Å². The maximum atomic E-state index is 13.7. The molecule has 1 atom stereocenters. The summed E-state index contributed by atoms with van der Waals surface area (Å²) in [5, 5.41) is 0. The van der Waals surface area contributed by atoms with Crippen LogP contribution >= 0.6 is 27.7 Å². The van der Waals surface area contributed by atoms with E-state index in [1.54, 1.807) is 0 Å². The summed E-state index contributed by atoms with van der Waals surface area (Å²) < 4.78 is 92.0. The molecule has 0 aliphatic carbocycles. The quantitative estimate of drug-likeness (QED) is 0.296. The first-order valence-electron chi connectivity index (χ1n) is 6.29. The van der Waals surface area contributed by atoms with Gasteiger partial charge in [-0.25, -0.2) is 13.0 Å². The van der Waals surface area contributed by atoms with E-state index in [1.165, 1.54) is 0 Å². The van der Waals surface area contributed by atoms with Gasteiger partial charge in [0.1, 0.15) is 11.6 Å². The minimum absolute atomic E-state index is 0.118. The maximum Gasteiger partial charge on any atom is 0.523 e. The van der Waals surface area contributed by atoms with Crippen molar-refractivity contribution >= 4 is 37.8 Å². The summed E-state index contributed by atoms with van der Waals surface area (Å²) in [5.74, 6) is -1.82. The predicted octanol–water partition coefficient (Wildman–Crippen LogP) is 4.66. The number of benzene rings is 1. The fraction of sp³-hybridized carbons (Fsp3) is 0.500. The Morgan fingerprint density at radius 3 is 2.17 bits per heavy atom. The summed E-state index contributed by atoms with van der Waals surface area (Å²) in [5.41, 5.74) is -5.92. The van der Waals surface area contributed by atoms with Gasteiger partial charge in [-0.2, -0.15) is 21.6 Å². The normalized spacial score (nSPS) is 23.0. The van der Waals surface area contributed by atoms with E-state index in [2.05, 4.69) is 20.1 Å². The second kappa shape index (κ2) is 6.49. The van der Waals surface area contributed by atoms with Gasteiger partial charge in [-0.3, -0.25) is 0 Å². The van der Waals surface area contributed by atoms with Crippen molar-refractivity contribution in [1.82, 2.24) is 0 Å². The van der Waals surface area contributed by atoms with Gasteiger partial charge in [-0.15, -0.1) is 11.8 Å². The summed E-state index contributed by atoms with van der Waals surface area (Å²) in [6.45, 7) is 0. The third-order valence-electron chi connectivity index (χ3n) is 3.19. The van der Waals surface area contributed by atoms with Crippen molar-refractivity contribution in [3.05, 3.63) is 33.8 Å². The molecule has 130 valence electrons. The van der Waals surface area contributed by atoms with Crippen LogP contribution in [0.2, 0.25) is 0 Å². The van der Waals surface area contributed by atoms with Crippen molar-refractivity contribution in [1.29, 1.82) is 0 Å². The van der Waals surface area contributed by atoms with Crippen LogP contribution < -0.4 is 0 Å². The lowest BCUT2D eigenvalue weighted by molar-refractivity contribution is -0.0599. The first kappa shape index (κ1) is 18.9. The SMILES string of the molecule is O=S(=O)(OC1(c2cc(F)c(Br)c(F)c2)CCCCS1)C(F)(F)F. The van der Waals surface area contributed by atoms with E-state index >= 15 is 0 Å². The molecule has 23 heavy (non-hydrogen) atoms. The molecule has 1 fully saturated rings. The molecule has 2 rings (SSSR count). The fourth-order valence-electron chi connectivity index (χ4n) is 2.11. The summed E-state index contributed by atoms with van der Waals surface area (Å²) in [6, 6.07) is 1.55. The summed E-state index contributed by atoms with van der Waals surface area (Å²) >= 11 is 3.43. The van der Waals surface area contributed by atoms with E-state index in [9.17, 15) is 30.4 Å². The molecular formula is C12H10BrF5O3S2. The van der Waals surface area contributed by atoms with Crippen LogP contribution in [-0.2, 0) is 19.2 Å². The Morgan fingerprint density at radius 1 is 1.17 bits per heavy atom. The Kier molecular flexibility index (Phi) is 5.34. The van der Waals surface area contributed by atoms with Gasteiger partial charge in [-0.1, -0.05) is 0 Å². The summed E-state index contributed by atoms with van der Waals surface area (Å²) in [6.07, 6.45) is 0.872. The van der Waals surface area contributed by atoms with Crippen LogP contribution in [0.15, 0.2) is 16.6 Å². The van der Waals surface area contributed by atoms with E-state index in [1.807, 2.05) is 0 Å². The van der Waals surface area contributed by atoms with Crippen molar-refractivity contribution in [2.75, 3.05) is 5.75 Å². The van der Waals surface area contributed by atoms with Crippen LogP contribution in [0.3, 0.4) is 0 Å². The lowest BCUT2D eigenvalue weighted by Gasteiger charge is -2.36. The van der Waals surface area contributed by atoms with Gasteiger partial charge >= 0.3 is 15.6 Å². The molecular weight excluding hydrogens is 431 g/mol. The van der Waals surface area contributed by atoms with Crippen molar-refractivity contribution in [2.45, 2.75) is 29.7 Å². The fourth-order valence-corrected chi connectivity index (χ4v) is 4.68. The summed E-state index contributed by atoms with van der Waals surface area (Å²) in [7, 11) is -5.92. The maximum absolute atomic E-state index is 13.7. The van der Waals surface area contributed by atoms with Gasteiger partial charge in [0.2, 0.25) is 0 Å². The molecule has 0 saturated carbocycles. The van der Waals surface area contributed by atoms with Crippen molar-refractivity contribution in [2.24, 2.45) is 0 Å². The molecule has 0 amide bonds. The molecule has 1 aliphatic rings. The lowest BCUT2D eigenvalue weighted by Crippen LogP contribution is -2.37. The third kappa shape index (κ3) is 3.83. The smallest absolute Gasteiger partial charge is 0.241 e. The molecule has 1 heterocycles. The standard InChI is InChI=1S/C12H10BrF5O3S2/c13-10-8(14)5-7(6-9(10)15)11(3-1-2-4-22-11)21-23(19,20)12(16,17)18/h5-6H,1-4H2. The number of rotatable bonds is 3.